The molecule has 1 fully saturated rings. The van der Waals surface area contributed by atoms with E-state index in [9.17, 15) is 21.8 Å². The summed E-state index contributed by atoms with van der Waals surface area (Å²) in [5.74, 6) is -2.28. The first-order valence-electron chi connectivity index (χ1n) is 9.73. The average molecular weight is 469 g/mol. The van der Waals surface area contributed by atoms with E-state index in [2.05, 4.69) is 15.5 Å². The van der Waals surface area contributed by atoms with Gasteiger partial charge >= 0.3 is 6.43 Å². The van der Waals surface area contributed by atoms with Crippen molar-refractivity contribution in [3.05, 3.63) is 65.6 Å². The van der Waals surface area contributed by atoms with Gasteiger partial charge in [0.05, 0.1) is 12.2 Å². The molecule has 0 aliphatic carbocycles. The summed E-state index contributed by atoms with van der Waals surface area (Å²) in [4.78, 5) is 0. The molecular weight excluding hydrogens is 450 g/mol. The van der Waals surface area contributed by atoms with Crippen LogP contribution in [0.4, 0.5) is 23.2 Å². The minimum Gasteiger partial charge on any atom is -0.415 e. The lowest BCUT2D eigenvalue weighted by molar-refractivity contribution is 0.116. The van der Waals surface area contributed by atoms with Crippen molar-refractivity contribution in [2.45, 2.75) is 13.0 Å². The van der Waals surface area contributed by atoms with Crippen LogP contribution < -0.4 is 9.62 Å². The average Bonchev–Trinajstić information content (AvgIpc) is 3.29. The highest BCUT2D eigenvalue weighted by molar-refractivity contribution is 7.84. The van der Waals surface area contributed by atoms with Crippen LogP contribution in [0.2, 0.25) is 0 Å². The summed E-state index contributed by atoms with van der Waals surface area (Å²) < 4.78 is 75.3. The summed E-state index contributed by atoms with van der Waals surface area (Å²) in [5.41, 5.74) is 0.644. The third kappa shape index (κ3) is 4.97. The SMILES string of the molecule is O=S(N1CCNCC1)N(Cc1ccc(-c2nnc(C(F)F)o2)cc1F)c1cccc(F)c1. The molecule has 1 aromatic heterocycles. The van der Waals surface area contributed by atoms with Gasteiger partial charge in [-0.3, -0.25) is 4.31 Å². The smallest absolute Gasteiger partial charge is 0.314 e. The van der Waals surface area contributed by atoms with Crippen LogP contribution >= 0.6 is 0 Å². The van der Waals surface area contributed by atoms with Gasteiger partial charge in [0.25, 0.3) is 5.89 Å². The number of nitrogens with zero attached hydrogens (tertiary/aromatic N) is 4. The first-order chi connectivity index (χ1) is 15.4. The molecule has 170 valence electrons. The Hall–Kier alpha value is -2.83. The van der Waals surface area contributed by atoms with Crippen molar-refractivity contribution in [1.29, 1.82) is 0 Å². The maximum absolute atomic E-state index is 14.9. The summed E-state index contributed by atoms with van der Waals surface area (Å²) in [5, 5.41) is 9.91. The van der Waals surface area contributed by atoms with Gasteiger partial charge < -0.3 is 9.73 Å². The Labute approximate surface area is 183 Å². The van der Waals surface area contributed by atoms with E-state index in [1.165, 1.54) is 34.6 Å². The summed E-state index contributed by atoms with van der Waals surface area (Å²) >= 11 is -1.69. The lowest BCUT2D eigenvalue weighted by Crippen LogP contribution is -2.48. The van der Waals surface area contributed by atoms with Crippen LogP contribution in [-0.4, -0.2) is 44.9 Å². The molecule has 1 saturated heterocycles. The number of aromatic nitrogens is 2. The molecule has 0 bridgehead atoms. The fraction of sp³-hybridized carbons (Fsp3) is 0.300. The lowest BCUT2D eigenvalue weighted by atomic mass is 10.1. The minimum absolute atomic E-state index is 0.113. The van der Waals surface area contributed by atoms with Gasteiger partial charge in [-0.25, -0.2) is 17.3 Å². The van der Waals surface area contributed by atoms with E-state index in [0.717, 1.165) is 6.07 Å². The van der Waals surface area contributed by atoms with Crippen molar-refractivity contribution in [3.8, 4) is 11.5 Å². The van der Waals surface area contributed by atoms with Crippen molar-refractivity contribution in [1.82, 2.24) is 19.8 Å². The number of halogens is 4. The molecule has 3 aromatic rings. The van der Waals surface area contributed by atoms with Crippen molar-refractivity contribution < 1.29 is 26.2 Å². The number of rotatable bonds is 7. The van der Waals surface area contributed by atoms with E-state index in [-0.39, 0.29) is 23.6 Å². The molecule has 7 nitrogen and oxygen atoms in total. The van der Waals surface area contributed by atoms with Crippen molar-refractivity contribution in [3.63, 3.8) is 0 Å². The molecule has 0 radical (unpaired) electrons. The quantitative estimate of drug-likeness (QED) is 0.537. The largest absolute Gasteiger partial charge is 0.415 e. The van der Waals surface area contributed by atoms with Gasteiger partial charge in [0.15, 0.2) is 11.2 Å². The lowest BCUT2D eigenvalue weighted by Gasteiger charge is -2.32. The van der Waals surface area contributed by atoms with Crippen LogP contribution in [-0.2, 0) is 17.7 Å². The molecule has 0 spiro atoms. The van der Waals surface area contributed by atoms with Gasteiger partial charge in [0, 0.05) is 37.3 Å². The number of nitrogens with one attached hydrogen (secondary N) is 1. The molecule has 32 heavy (non-hydrogen) atoms. The maximum atomic E-state index is 14.9. The highest BCUT2D eigenvalue weighted by Gasteiger charge is 2.25. The van der Waals surface area contributed by atoms with Gasteiger partial charge in [-0.2, -0.15) is 8.78 Å². The molecule has 4 rings (SSSR count). The Balaban J connectivity index is 1.61. The standard InChI is InChI=1S/C20H19F4N5O2S/c21-15-2-1-3-16(11-15)29(32(30)28-8-6-25-7-9-28)12-14-5-4-13(10-17(14)22)19-26-27-20(31-19)18(23)24/h1-5,10-11,18,25H,6-9,12H2. The molecule has 1 N–H and O–H groups in total. The van der Waals surface area contributed by atoms with E-state index in [4.69, 9.17) is 4.42 Å². The fourth-order valence-corrected chi connectivity index (χ4v) is 4.53. The normalized spacial score (nSPS) is 15.8. The van der Waals surface area contributed by atoms with Crippen molar-refractivity contribution >= 4 is 16.9 Å². The van der Waals surface area contributed by atoms with Crippen LogP contribution in [0.3, 0.4) is 0 Å². The molecule has 0 amide bonds. The Morgan fingerprint density at radius 3 is 2.56 bits per heavy atom. The van der Waals surface area contributed by atoms with Crippen LogP contribution in [0.1, 0.15) is 17.9 Å². The predicted molar refractivity (Wildman–Crippen MR) is 110 cm³/mol. The number of alkyl halides is 2. The van der Waals surface area contributed by atoms with E-state index < -0.39 is 35.1 Å². The van der Waals surface area contributed by atoms with Gasteiger partial charge in [0.2, 0.25) is 5.89 Å². The molecule has 2 aromatic carbocycles. The first kappa shape index (κ1) is 22.4. The second kappa shape index (κ2) is 9.76. The van der Waals surface area contributed by atoms with Crippen LogP contribution in [0.5, 0.6) is 0 Å². The summed E-state index contributed by atoms with van der Waals surface area (Å²) in [7, 11) is 0. The number of hydrogen-bond donors (Lipinski definition) is 1. The Morgan fingerprint density at radius 2 is 1.91 bits per heavy atom. The highest BCUT2D eigenvalue weighted by Crippen LogP contribution is 2.27. The van der Waals surface area contributed by atoms with Gasteiger partial charge in [-0.05, 0) is 30.3 Å². The summed E-state index contributed by atoms with van der Waals surface area (Å²) in [6.45, 7) is 2.22. The molecule has 12 heteroatoms. The second-order valence-electron chi connectivity index (χ2n) is 6.98. The highest BCUT2D eigenvalue weighted by atomic mass is 32.2. The molecule has 1 aliphatic heterocycles. The van der Waals surface area contributed by atoms with Crippen LogP contribution in [0.25, 0.3) is 11.5 Å². The Kier molecular flexibility index (Phi) is 6.82. The number of benzene rings is 2. The van der Waals surface area contributed by atoms with Crippen LogP contribution in [0, 0.1) is 11.6 Å². The first-order valence-corrected chi connectivity index (χ1v) is 10.8. The number of piperazine rings is 1. The summed E-state index contributed by atoms with van der Waals surface area (Å²) in [6, 6.07) is 9.52. The second-order valence-corrected chi connectivity index (χ2v) is 8.40. The predicted octanol–water partition coefficient (Wildman–Crippen LogP) is 3.44. The van der Waals surface area contributed by atoms with Crippen molar-refractivity contribution in [2.75, 3.05) is 30.5 Å². The topological polar surface area (TPSA) is 74.5 Å². The molecule has 0 saturated carbocycles. The Bertz CT molecular complexity index is 1110. The molecule has 2 heterocycles. The monoisotopic (exact) mass is 469 g/mol. The van der Waals surface area contributed by atoms with E-state index in [1.54, 1.807) is 10.4 Å². The number of anilines is 1. The zero-order valence-electron chi connectivity index (χ0n) is 16.7. The van der Waals surface area contributed by atoms with Crippen LogP contribution in [0.15, 0.2) is 46.9 Å². The molecule has 1 atom stereocenters. The zero-order chi connectivity index (χ0) is 22.7. The Morgan fingerprint density at radius 1 is 1.12 bits per heavy atom. The maximum Gasteiger partial charge on any atom is 0.314 e. The number of hydrogen-bond acceptors (Lipinski definition) is 5. The van der Waals surface area contributed by atoms with Gasteiger partial charge in [-0.1, -0.05) is 12.1 Å². The minimum atomic E-state index is -2.93. The molecular formula is C20H19F4N5O2S. The molecule has 1 unspecified atom stereocenters. The zero-order valence-corrected chi connectivity index (χ0v) is 17.5. The third-order valence-corrected chi connectivity index (χ3v) is 6.35. The van der Waals surface area contributed by atoms with E-state index in [1.807, 2.05) is 0 Å². The fourth-order valence-electron chi connectivity index (χ4n) is 3.21. The van der Waals surface area contributed by atoms with Gasteiger partial charge in [-0.15, -0.1) is 10.2 Å². The molecule has 1 aliphatic rings. The third-order valence-electron chi connectivity index (χ3n) is 4.82. The van der Waals surface area contributed by atoms with E-state index >= 15 is 0 Å². The van der Waals surface area contributed by atoms with Crippen molar-refractivity contribution in [2.24, 2.45) is 0 Å². The van der Waals surface area contributed by atoms with Gasteiger partial charge in [0.1, 0.15) is 11.6 Å². The van der Waals surface area contributed by atoms with E-state index in [0.29, 0.717) is 31.9 Å². The summed E-state index contributed by atoms with van der Waals surface area (Å²) in [6.07, 6.45) is -2.93.